The van der Waals surface area contributed by atoms with Gasteiger partial charge in [0.15, 0.2) is 11.5 Å². The summed E-state index contributed by atoms with van der Waals surface area (Å²) in [4.78, 5) is 4.45. The topological polar surface area (TPSA) is 61.2 Å². The number of rotatable bonds is 3. The standard InChI is InChI=1S/C17H21ClN4O2/c1-11-20-16-4-3-13(10-22(16)21-11)19-9-12-7-14(18)17-15(8-12)23-5-2-6-24-17/h7-8,13,19H,2-6,9-10H2,1H3/t13-/m1/s1. The van der Waals surface area contributed by atoms with Crippen LogP contribution in [0.2, 0.25) is 5.02 Å². The second-order valence-electron chi connectivity index (χ2n) is 6.33. The van der Waals surface area contributed by atoms with Gasteiger partial charge in [0.2, 0.25) is 0 Å². The van der Waals surface area contributed by atoms with E-state index in [-0.39, 0.29) is 0 Å². The zero-order valence-electron chi connectivity index (χ0n) is 13.7. The third kappa shape index (κ3) is 3.21. The fourth-order valence-corrected chi connectivity index (χ4v) is 3.54. The van der Waals surface area contributed by atoms with Gasteiger partial charge in [-0.3, -0.25) is 0 Å². The van der Waals surface area contributed by atoms with Crippen molar-refractivity contribution in [2.75, 3.05) is 13.2 Å². The van der Waals surface area contributed by atoms with Crippen molar-refractivity contribution in [3.63, 3.8) is 0 Å². The number of aromatic nitrogens is 3. The van der Waals surface area contributed by atoms with Gasteiger partial charge in [-0.25, -0.2) is 9.67 Å². The van der Waals surface area contributed by atoms with Gasteiger partial charge in [-0.2, -0.15) is 5.10 Å². The summed E-state index contributed by atoms with van der Waals surface area (Å²) in [5.41, 5.74) is 1.10. The van der Waals surface area contributed by atoms with E-state index in [1.54, 1.807) is 0 Å². The van der Waals surface area contributed by atoms with E-state index in [1.807, 2.05) is 23.7 Å². The molecule has 0 spiro atoms. The lowest BCUT2D eigenvalue weighted by Crippen LogP contribution is -2.37. The second-order valence-corrected chi connectivity index (χ2v) is 6.74. The first-order chi connectivity index (χ1) is 11.7. The Bertz CT molecular complexity index is 746. The van der Waals surface area contributed by atoms with Gasteiger partial charge in [0, 0.05) is 25.4 Å². The van der Waals surface area contributed by atoms with Crippen LogP contribution in [-0.2, 0) is 19.5 Å². The Morgan fingerprint density at radius 3 is 3.12 bits per heavy atom. The van der Waals surface area contributed by atoms with Crippen molar-refractivity contribution in [3.8, 4) is 11.5 Å². The molecule has 1 aromatic heterocycles. The Labute approximate surface area is 146 Å². The molecule has 2 aromatic rings. The maximum absolute atomic E-state index is 6.36. The molecule has 0 saturated carbocycles. The fraction of sp³-hybridized carbons (Fsp3) is 0.529. The smallest absolute Gasteiger partial charge is 0.179 e. The maximum atomic E-state index is 6.36. The van der Waals surface area contributed by atoms with Gasteiger partial charge in [-0.05, 0) is 31.0 Å². The van der Waals surface area contributed by atoms with Crippen molar-refractivity contribution >= 4 is 11.6 Å². The highest BCUT2D eigenvalue weighted by molar-refractivity contribution is 6.32. The lowest BCUT2D eigenvalue weighted by Gasteiger charge is -2.24. The van der Waals surface area contributed by atoms with Crippen LogP contribution in [-0.4, -0.2) is 34.0 Å². The van der Waals surface area contributed by atoms with Crippen molar-refractivity contribution in [1.82, 2.24) is 20.1 Å². The highest BCUT2D eigenvalue weighted by Gasteiger charge is 2.21. The number of benzene rings is 1. The summed E-state index contributed by atoms with van der Waals surface area (Å²) >= 11 is 6.36. The van der Waals surface area contributed by atoms with Gasteiger partial charge >= 0.3 is 0 Å². The predicted octanol–water partition coefficient (Wildman–Crippen LogP) is 2.51. The molecule has 128 valence electrons. The van der Waals surface area contributed by atoms with Crippen molar-refractivity contribution in [1.29, 1.82) is 0 Å². The number of hydrogen-bond acceptors (Lipinski definition) is 5. The van der Waals surface area contributed by atoms with Crippen LogP contribution in [0.25, 0.3) is 0 Å². The molecule has 1 aromatic carbocycles. The zero-order valence-corrected chi connectivity index (χ0v) is 14.5. The first-order valence-corrected chi connectivity index (χ1v) is 8.78. The molecule has 1 atom stereocenters. The molecule has 0 aliphatic carbocycles. The monoisotopic (exact) mass is 348 g/mol. The summed E-state index contributed by atoms with van der Waals surface area (Å²) in [7, 11) is 0. The normalized spacial score (nSPS) is 19.7. The predicted molar refractivity (Wildman–Crippen MR) is 90.8 cm³/mol. The molecule has 0 saturated heterocycles. The molecule has 6 nitrogen and oxygen atoms in total. The molecule has 7 heteroatoms. The molecule has 1 N–H and O–H groups in total. The number of aryl methyl sites for hydroxylation is 2. The van der Waals surface area contributed by atoms with Crippen LogP contribution in [0.4, 0.5) is 0 Å². The van der Waals surface area contributed by atoms with Gasteiger partial charge < -0.3 is 14.8 Å². The number of hydrogen-bond donors (Lipinski definition) is 1. The molecule has 2 aliphatic rings. The Morgan fingerprint density at radius 1 is 1.33 bits per heavy atom. The first kappa shape index (κ1) is 15.7. The minimum atomic E-state index is 0.383. The van der Waals surface area contributed by atoms with Gasteiger partial charge in [0.05, 0.1) is 24.8 Å². The lowest BCUT2D eigenvalue weighted by molar-refractivity contribution is 0.297. The summed E-state index contributed by atoms with van der Waals surface area (Å²) in [6.45, 7) is 4.84. The molecule has 24 heavy (non-hydrogen) atoms. The summed E-state index contributed by atoms with van der Waals surface area (Å²) in [6, 6.07) is 4.36. The summed E-state index contributed by atoms with van der Waals surface area (Å²) in [6.07, 6.45) is 2.90. The average Bonchev–Trinajstić information content (AvgIpc) is 2.77. The quantitative estimate of drug-likeness (QED) is 0.923. The summed E-state index contributed by atoms with van der Waals surface area (Å²) in [5.74, 6) is 3.34. The molecule has 3 heterocycles. The number of nitrogens with zero attached hydrogens (tertiary/aromatic N) is 3. The minimum absolute atomic E-state index is 0.383. The highest BCUT2D eigenvalue weighted by atomic mass is 35.5. The lowest BCUT2D eigenvalue weighted by atomic mass is 10.1. The Hall–Kier alpha value is -1.79. The largest absolute Gasteiger partial charge is 0.489 e. The first-order valence-electron chi connectivity index (χ1n) is 8.41. The molecule has 4 rings (SSSR count). The Kier molecular flexibility index (Phi) is 4.33. The van der Waals surface area contributed by atoms with E-state index in [4.69, 9.17) is 21.1 Å². The fourth-order valence-electron chi connectivity index (χ4n) is 3.25. The van der Waals surface area contributed by atoms with Crippen LogP contribution in [0.5, 0.6) is 11.5 Å². The SMILES string of the molecule is Cc1nc2n(n1)C[C@H](NCc1cc(Cl)c3c(c1)OCCCO3)CC2. The van der Waals surface area contributed by atoms with Gasteiger partial charge in [-0.15, -0.1) is 0 Å². The van der Waals surface area contributed by atoms with Crippen molar-refractivity contribution in [2.45, 2.75) is 45.3 Å². The van der Waals surface area contributed by atoms with E-state index in [0.717, 1.165) is 55.3 Å². The maximum Gasteiger partial charge on any atom is 0.179 e. The highest BCUT2D eigenvalue weighted by Crippen LogP contribution is 2.38. The number of ether oxygens (including phenoxy) is 2. The third-order valence-corrected chi connectivity index (χ3v) is 4.70. The molecule has 0 bridgehead atoms. The van der Waals surface area contributed by atoms with E-state index in [1.165, 1.54) is 0 Å². The molecular formula is C17H21ClN4O2. The summed E-state index contributed by atoms with van der Waals surface area (Å²) in [5, 5.41) is 8.66. The van der Waals surface area contributed by atoms with E-state index < -0.39 is 0 Å². The van der Waals surface area contributed by atoms with Gasteiger partial charge in [-0.1, -0.05) is 11.6 Å². The molecule has 0 amide bonds. The molecule has 0 unspecified atom stereocenters. The van der Waals surface area contributed by atoms with E-state index >= 15 is 0 Å². The molecule has 0 radical (unpaired) electrons. The summed E-state index contributed by atoms with van der Waals surface area (Å²) < 4.78 is 13.4. The van der Waals surface area contributed by atoms with Crippen LogP contribution < -0.4 is 14.8 Å². The number of nitrogens with one attached hydrogen (secondary N) is 1. The van der Waals surface area contributed by atoms with E-state index in [0.29, 0.717) is 30.0 Å². The number of halogens is 1. The number of fused-ring (bicyclic) bond motifs is 2. The molecular weight excluding hydrogens is 328 g/mol. The van der Waals surface area contributed by atoms with Crippen LogP contribution >= 0.6 is 11.6 Å². The van der Waals surface area contributed by atoms with Crippen LogP contribution in [0.15, 0.2) is 12.1 Å². The van der Waals surface area contributed by atoms with Crippen molar-refractivity contribution in [3.05, 3.63) is 34.4 Å². The van der Waals surface area contributed by atoms with Gasteiger partial charge in [0.1, 0.15) is 11.6 Å². The second kappa shape index (κ2) is 6.61. The zero-order chi connectivity index (χ0) is 16.5. The van der Waals surface area contributed by atoms with E-state index in [9.17, 15) is 0 Å². The molecule has 2 aliphatic heterocycles. The Morgan fingerprint density at radius 2 is 2.21 bits per heavy atom. The van der Waals surface area contributed by atoms with E-state index in [2.05, 4.69) is 15.4 Å². The van der Waals surface area contributed by atoms with Crippen molar-refractivity contribution < 1.29 is 9.47 Å². The van der Waals surface area contributed by atoms with Crippen molar-refractivity contribution in [2.24, 2.45) is 0 Å². The van der Waals surface area contributed by atoms with Crippen LogP contribution in [0.1, 0.15) is 30.1 Å². The minimum Gasteiger partial charge on any atom is -0.489 e. The Balaban J connectivity index is 1.43. The van der Waals surface area contributed by atoms with Crippen LogP contribution in [0, 0.1) is 6.92 Å². The van der Waals surface area contributed by atoms with Gasteiger partial charge in [0.25, 0.3) is 0 Å². The average molecular weight is 349 g/mol. The molecule has 0 fully saturated rings. The third-order valence-electron chi connectivity index (χ3n) is 4.42. The van der Waals surface area contributed by atoms with Crippen LogP contribution in [0.3, 0.4) is 0 Å².